The van der Waals surface area contributed by atoms with Crippen LogP contribution in [-0.2, 0) is 27.8 Å². The average molecular weight is 481 g/mol. The van der Waals surface area contributed by atoms with Crippen molar-refractivity contribution < 1.29 is 22.0 Å². The van der Waals surface area contributed by atoms with Gasteiger partial charge in [-0.05, 0) is 53.3 Å². The lowest BCUT2D eigenvalue weighted by atomic mass is 9.95. The van der Waals surface area contributed by atoms with Gasteiger partial charge in [-0.3, -0.25) is 4.79 Å². The van der Waals surface area contributed by atoms with E-state index in [0.29, 0.717) is 22.3 Å². The lowest BCUT2D eigenvalue weighted by Crippen LogP contribution is -2.50. The molecule has 1 atom stereocenters. The van der Waals surface area contributed by atoms with Crippen molar-refractivity contribution in [2.75, 3.05) is 5.32 Å². The molecule has 162 valence electrons. The molecule has 10 heteroatoms. The highest BCUT2D eigenvalue weighted by Gasteiger charge is 2.40. The molecule has 1 aromatic heterocycles. The number of benzene rings is 2. The summed E-state index contributed by atoms with van der Waals surface area (Å²) in [4.78, 5) is 13.5. The monoisotopic (exact) mass is 480 g/mol. The lowest BCUT2D eigenvalue weighted by Gasteiger charge is -2.34. The summed E-state index contributed by atoms with van der Waals surface area (Å²) in [5.74, 6) is -3.00. The second-order valence-electron chi connectivity index (χ2n) is 6.86. The van der Waals surface area contributed by atoms with Gasteiger partial charge in [0.15, 0.2) is 0 Å². The Hall–Kier alpha value is -2.27. The number of hydrogen-bond acceptors (Lipinski definition) is 5. The predicted molar refractivity (Wildman–Crippen MR) is 118 cm³/mol. The van der Waals surface area contributed by atoms with Crippen molar-refractivity contribution in [2.45, 2.75) is 33.9 Å². The summed E-state index contributed by atoms with van der Waals surface area (Å²) in [7, 11) is -3.86. The van der Waals surface area contributed by atoms with Crippen molar-refractivity contribution in [1.82, 2.24) is 4.31 Å². The first kappa shape index (κ1) is 21.9. The van der Waals surface area contributed by atoms with Gasteiger partial charge in [-0.15, -0.1) is 11.3 Å². The zero-order chi connectivity index (χ0) is 22.0. The molecule has 0 saturated heterocycles. The van der Waals surface area contributed by atoms with Crippen LogP contribution >= 0.6 is 23.1 Å². The van der Waals surface area contributed by atoms with Crippen molar-refractivity contribution >= 4 is 44.7 Å². The van der Waals surface area contributed by atoms with Crippen LogP contribution in [0.2, 0.25) is 0 Å². The molecule has 4 rings (SSSR count). The smallest absolute Gasteiger partial charge is 0.288 e. The van der Waals surface area contributed by atoms with Crippen molar-refractivity contribution in [3.05, 3.63) is 77.2 Å². The summed E-state index contributed by atoms with van der Waals surface area (Å²) in [5.41, 5.74) is 2.19. The van der Waals surface area contributed by atoms with Crippen molar-refractivity contribution in [3.8, 4) is 0 Å². The highest BCUT2D eigenvalue weighted by molar-refractivity contribution is 7.99. The molecule has 2 aromatic carbocycles. The zero-order valence-corrected chi connectivity index (χ0v) is 18.5. The number of amides is 1. The number of carbonyl (C=O) groups excluding carboxylic acids is 1. The number of fused-ring (bicyclic) bond motifs is 1. The van der Waals surface area contributed by atoms with Gasteiger partial charge >= 0.3 is 0 Å². The fourth-order valence-electron chi connectivity index (χ4n) is 3.45. The maximum absolute atomic E-state index is 13.3. The number of halogens is 2. The Labute approximate surface area is 187 Å². The fourth-order valence-corrected chi connectivity index (χ4v) is 6.63. The molecule has 0 bridgehead atoms. The maximum atomic E-state index is 13.3. The molecule has 1 N–H and O–H groups in total. The molecule has 1 amide bonds. The first-order valence-electron chi connectivity index (χ1n) is 9.32. The van der Waals surface area contributed by atoms with Crippen LogP contribution in [0.5, 0.6) is 0 Å². The van der Waals surface area contributed by atoms with E-state index in [4.69, 9.17) is 0 Å². The number of hydrogen-bond donors (Lipinski definition) is 1. The zero-order valence-electron chi connectivity index (χ0n) is 16.1. The van der Waals surface area contributed by atoms with Crippen LogP contribution in [0.4, 0.5) is 14.5 Å². The van der Waals surface area contributed by atoms with Crippen LogP contribution in [0.1, 0.15) is 11.1 Å². The molecule has 31 heavy (non-hydrogen) atoms. The van der Waals surface area contributed by atoms with E-state index in [-0.39, 0.29) is 17.2 Å². The van der Waals surface area contributed by atoms with E-state index < -0.39 is 27.7 Å². The molecule has 0 saturated carbocycles. The average Bonchev–Trinajstić information content (AvgIpc) is 3.30. The third kappa shape index (κ3) is 4.82. The first-order valence-corrected chi connectivity index (χ1v) is 12.5. The largest absolute Gasteiger partial charge is 0.325 e. The summed E-state index contributed by atoms with van der Waals surface area (Å²) in [5, 5.41) is 4.41. The molecule has 0 aliphatic carbocycles. The fraction of sp³-hybridized carbons (Fsp3) is 0.190. The Morgan fingerprint density at radius 2 is 1.77 bits per heavy atom. The van der Waals surface area contributed by atoms with E-state index in [1.807, 2.05) is 24.3 Å². The Morgan fingerprint density at radius 3 is 2.42 bits per heavy atom. The summed E-state index contributed by atoms with van der Waals surface area (Å²) >= 11 is 1.52. The van der Waals surface area contributed by atoms with Crippen LogP contribution in [0.25, 0.3) is 0 Å². The van der Waals surface area contributed by atoms with E-state index >= 15 is 0 Å². The Bertz CT molecular complexity index is 1170. The van der Waals surface area contributed by atoms with Gasteiger partial charge in [-0.25, -0.2) is 8.42 Å². The summed E-state index contributed by atoms with van der Waals surface area (Å²) in [6.45, 7) is 0.0957. The van der Waals surface area contributed by atoms with Crippen LogP contribution in [0.3, 0.4) is 0 Å². The van der Waals surface area contributed by atoms with Gasteiger partial charge in [-0.1, -0.05) is 42.1 Å². The number of alkyl halides is 2. The number of thioether (sulfide) groups is 1. The number of anilines is 1. The normalized spacial score (nSPS) is 16.8. The highest BCUT2D eigenvalue weighted by Crippen LogP contribution is 2.32. The minimum atomic E-state index is -3.86. The van der Waals surface area contributed by atoms with Gasteiger partial charge in [0.05, 0.1) is 0 Å². The Balaban J connectivity index is 1.61. The van der Waals surface area contributed by atoms with Crippen LogP contribution in [0.15, 0.2) is 75.1 Å². The van der Waals surface area contributed by atoms with Gasteiger partial charge in [-0.2, -0.15) is 13.1 Å². The third-order valence-electron chi connectivity index (χ3n) is 4.91. The molecular weight excluding hydrogens is 462 g/mol. The van der Waals surface area contributed by atoms with Crippen LogP contribution in [-0.4, -0.2) is 30.4 Å². The van der Waals surface area contributed by atoms with E-state index in [1.165, 1.54) is 34.6 Å². The van der Waals surface area contributed by atoms with Gasteiger partial charge in [0, 0.05) is 17.1 Å². The molecule has 0 radical (unpaired) electrons. The Morgan fingerprint density at radius 1 is 1.06 bits per heavy atom. The summed E-state index contributed by atoms with van der Waals surface area (Å²) in [6.07, 6.45) is 0.242. The molecular formula is C21H18F2N2O3S3. The standard InChI is InChI=1S/C21H18F2N2O3S3/c22-21(23)30-17-9-7-16(8-10-17)24-20(26)18-12-14-4-1-2-5-15(14)13-25(18)31(27,28)19-6-3-11-29-19/h1-11,18,21H,12-13H2,(H,24,26). The number of nitrogens with one attached hydrogen (secondary N) is 1. The van der Waals surface area contributed by atoms with Crippen molar-refractivity contribution in [3.63, 3.8) is 0 Å². The van der Waals surface area contributed by atoms with E-state index in [2.05, 4.69) is 5.32 Å². The maximum Gasteiger partial charge on any atom is 0.288 e. The first-order chi connectivity index (χ1) is 14.8. The topological polar surface area (TPSA) is 66.5 Å². The van der Waals surface area contributed by atoms with Gasteiger partial charge in [0.2, 0.25) is 5.91 Å². The van der Waals surface area contributed by atoms with E-state index in [1.54, 1.807) is 11.4 Å². The highest BCUT2D eigenvalue weighted by atomic mass is 32.2. The van der Waals surface area contributed by atoms with Gasteiger partial charge in [0.1, 0.15) is 10.3 Å². The molecule has 1 aliphatic rings. The lowest BCUT2D eigenvalue weighted by molar-refractivity contribution is -0.120. The van der Waals surface area contributed by atoms with Crippen molar-refractivity contribution in [1.29, 1.82) is 0 Å². The minimum absolute atomic E-state index is 0.0957. The van der Waals surface area contributed by atoms with Gasteiger partial charge in [0.25, 0.3) is 15.8 Å². The molecule has 5 nitrogen and oxygen atoms in total. The second kappa shape index (κ2) is 9.07. The summed E-state index contributed by atoms with van der Waals surface area (Å²) in [6, 6.07) is 15.7. The molecule has 0 spiro atoms. The number of rotatable bonds is 6. The molecule has 3 aromatic rings. The number of nitrogens with zero attached hydrogens (tertiary/aromatic N) is 1. The minimum Gasteiger partial charge on any atom is -0.325 e. The third-order valence-corrected chi connectivity index (χ3v) is 8.86. The molecule has 2 heterocycles. The van der Waals surface area contributed by atoms with E-state index in [0.717, 1.165) is 22.5 Å². The number of carbonyl (C=O) groups is 1. The van der Waals surface area contributed by atoms with Crippen LogP contribution < -0.4 is 5.32 Å². The second-order valence-corrected chi connectivity index (χ2v) is 11.0. The summed E-state index contributed by atoms with van der Waals surface area (Å²) < 4.78 is 52.9. The Kier molecular flexibility index (Phi) is 6.42. The number of sulfonamides is 1. The van der Waals surface area contributed by atoms with Gasteiger partial charge < -0.3 is 5.32 Å². The van der Waals surface area contributed by atoms with Crippen molar-refractivity contribution in [2.24, 2.45) is 0 Å². The quantitative estimate of drug-likeness (QED) is 0.514. The number of thiophene rings is 1. The van der Waals surface area contributed by atoms with E-state index in [9.17, 15) is 22.0 Å². The molecule has 0 fully saturated rings. The molecule has 1 unspecified atom stereocenters. The van der Waals surface area contributed by atoms with Crippen LogP contribution in [0, 0.1) is 0 Å². The molecule has 1 aliphatic heterocycles. The SMILES string of the molecule is O=C(Nc1ccc(SC(F)F)cc1)C1Cc2ccccc2CN1S(=O)(=O)c1cccs1. The predicted octanol–water partition coefficient (Wildman–Crippen LogP) is 4.82.